The summed E-state index contributed by atoms with van der Waals surface area (Å²) in [6.45, 7) is 19.6. The molecular weight excluding hydrogens is 823 g/mol. The number of carbonyl (C=O) groups excluding carboxylic acids is 5. The highest BCUT2D eigenvalue weighted by atomic mass is 32.2. The van der Waals surface area contributed by atoms with Crippen LogP contribution in [0.15, 0.2) is 12.7 Å². The van der Waals surface area contributed by atoms with Gasteiger partial charge in [-0.2, -0.15) is 12.7 Å². The summed E-state index contributed by atoms with van der Waals surface area (Å²) in [6, 6.07) is -3.20. The number of likely N-dealkylation sites (tertiary alicyclic amines) is 2. The second-order valence-electron chi connectivity index (χ2n) is 22.1. The van der Waals surface area contributed by atoms with Gasteiger partial charge in [0.2, 0.25) is 23.6 Å². The summed E-state index contributed by atoms with van der Waals surface area (Å²) in [5.74, 6) is -2.87. The largest absolute Gasteiger partial charge is 0.383 e. The summed E-state index contributed by atoms with van der Waals surface area (Å²) in [7, 11) is -2.77. The van der Waals surface area contributed by atoms with Crippen molar-refractivity contribution in [1.82, 2.24) is 34.8 Å². The van der Waals surface area contributed by atoms with Crippen LogP contribution in [-0.4, -0.2) is 127 Å². The number of fused-ring (bicyclic) bond motifs is 1. The number of nitrogens with zero attached hydrogens (tertiary/aromatic N) is 3. The lowest BCUT2D eigenvalue weighted by molar-refractivity contribution is -0.145. The first kappa shape index (κ1) is 47.9. The molecule has 0 radical (unpaired) electrons. The molecule has 5 amide bonds. The standard InChI is InChI=1S/C47H77N7O8S/c1-10-32-27-47(32,42(59)51-63(60,61)54(25-26-62-9)33-20-21-33)50-39(56)35-28-46(44(7,8)45(46)22-16-23-45)29-53(35)41(58)37(43(4,5)6)49-40(57)36(31-17-12-11-13-18-31)48-38(55)34-19-14-15-24-52(34)30(2)3/h10,30-37H,1,11-29H2,2-9H3,(H,48,55)(H,49,57)(H,50,56)(H,51,59)/t32-,34+,35+,36+,37-,46-,47-/m1/s1. The number of hydrogen-bond donors (Lipinski definition) is 4. The third-order valence-corrected chi connectivity index (χ3v) is 18.6. The van der Waals surface area contributed by atoms with Gasteiger partial charge in [0, 0.05) is 43.6 Å². The highest BCUT2D eigenvalue weighted by Crippen LogP contribution is 2.88. The van der Waals surface area contributed by atoms with Gasteiger partial charge in [0.05, 0.1) is 12.6 Å². The van der Waals surface area contributed by atoms with Crippen molar-refractivity contribution in [3.05, 3.63) is 12.7 Å². The van der Waals surface area contributed by atoms with E-state index in [1.54, 1.807) is 11.0 Å². The minimum atomic E-state index is -4.26. The van der Waals surface area contributed by atoms with Crippen LogP contribution in [-0.2, 0) is 38.9 Å². The summed E-state index contributed by atoms with van der Waals surface area (Å²) in [6.07, 6.45) is 13.8. The zero-order chi connectivity index (χ0) is 45.9. The van der Waals surface area contributed by atoms with Gasteiger partial charge in [0.15, 0.2) is 0 Å². The van der Waals surface area contributed by atoms with Gasteiger partial charge in [-0.1, -0.05) is 72.8 Å². The van der Waals surface area contributed by atoms with E-state index in [2.05, 4.69) is 59.8 Å². The number of nitrogens with one attached hydrogen (secondary N) is 4. The summed E-state index contributed by atoms with van der Waals surface area (Å²) in [5, 5.41) is 9.35. The summed E-state index contributed by atoms with van der Waals surface area (Å²) >= 11 is 0. The minimum Gasteiger partial charge on any atom is -0.383 e. The Morgan fingerprint density at radius 3 is 2.08 bits per heavy atom. The Morgan fingerprint density at radius 2 is 1.54 bits per heavy atom. The fraction of sp³-hybridized carbons (Fsp3) is 0.851. The molecule has 63 heavy (non-hydrogen) atoms. The molecule has 2 spiro atoms. The van der Waals surface area contributed by atoms with E-state index in [4.69, 9.17) is 4.74 Å². The number of amides is 5. The molecule has 7 rings (SSSR count). The normalized spacial score (nSPS) is 31.3. The molecular formula is C47H77N7O8S. The molecule has 5 aliphatic carbocycles. The summed E-state index contributed by atoms with van der Waals surface area (Å²) in [4.78, 5) is 77.1. The quantitative estimate of drug-likeness (QED) is 0.156. The molecule has 0 aromatic heterocycles. The number of carbonyl (C=O) groups is 5. The van der Waals surface area contributed by atoms with Gasteiger partial charge < -0.3 is 25.6 Å². The molecule has 0 aromatic carbocycles. The van der Waals surface area contributed by atoms with Crippen molar-refractivity contribution in [3.8, 4) is 0 Å². The SMILES string of the molecule is C=C[C@@H]1C[C@]1(NC(=O)[C@@H]1C[C@@]2(CN1C(=O)[C@@H](NC(=O)[C@@H](NC(=O)[C@@H]1CCCCN1C(C)C)C1CCCCC1)C(C)(C)C)C(C)(C)C21CCC1)C(=O)NS(=O)(=O)N(CCOC)C1CC1. The Balaban J connectivity index is 1.15. The Kier molecular flexibility index (Phi) is 13.4. The van der Waals surface area contributed by atoms with Crippen molar-refractivity contribution >= 4 is 39.7 Å². The molecule has 0 unspecified atom stereocenters. The van der Waals surface area contributed by atoms with E-state index in [9.17, 15) is 27.6 Å². The molecule has 15 nitrogen and oxygen atoms in total. The van der Waals surface area contributed by atoms with E-state index < -0.39 is 57.0 Å². The molecule has 7 atom stereocenters. The van der Waals surface area contributed by atoms with Crippen LogP contribution in [0, 0.1) is 33.5 Å². The predicted molar refractivity (Wildman–Crippen MR) is 240 cm³/mol. The second-order valence-corrected chi connectivity index (χ2v) is 23.8. The van der Waals surface area contributed by atoms with Gasteiger partial charge in [-0.05, 0) is 107 Å². The van der Waals surface area contributed by atoms with Crippen molar-refractivity contribution in [2.24, 2.45) is 33.5 Å². The number of rotatable bonds is 17. The molecule has 16 heteroatoms. The molecule has 4 N–H and O–H groups in total. The topological polar surface area (TPSA) is 187 Å². The first-order valence-electron chi connectivity index (χ1n) is 24.1. The van der Waals surface area contributed by atoms with Crippen molar-refractivity contribution in [1.29, 1.82) is 0 Å². The fourth-order valence-corrected chi connectivity index (χ4v) is 14.2. The Morgan fingerprint density at radius 1 is 0.873 bits per heavy atom. The molecule has 0 aromatic rings. The number of hydrogen-bond acceptors (Lipinski definition) is 9. The predicted octanol–water partition coefficient (Wildman–Crippen LogP) is 4.18. The van der Waals surface area contributed by atoms with Gasteiger partial charge >= 0.3 is 10.2 Å². The van der Waals surface area contributed by atoms with Crippen LogP contribution in [0.5, 0.6) is 0 Å². The summed E-state index contributed by atoms with van der Waals surface area (Å²) < 4.78 is 35.9. The lowest BCUT2D eigenvalue weighted by atomic mass is 9.73. The first-order valence-corrected chi connectivity index (χ1v) is 25.5. The van der Waals surface area contributed by atoms with Crippen molar-refractivity contribution < 1.29 is 37.1 Å². The molecule has 0 bridgehead atoms. The maximum Gasteiger partial charge on any atom is 0.304 e. The van der Waals surface area contributed by atoms with Crippen LogP contribution < -0.4 is 20.7 Å². The van der Waals surface area contributed by atoms with Crippen molar-refractivity contribution in [3.63, 3.8) is 0 Å². The number of ether oxygens (including phenoxy) is 1. The molecule has 2 saturated heterocycles. The Hall–Kier alpha value is -3.08. The maximum absolute atomic E-state index is 15.4. The van der Waals surface area contributed by atoms with Gasteiger partial charge in [-0.3, -0.25) is 28.9 Å². The van der Waals surface area contributed by atoms with E-state index in [0.717, 1.165) is 77.2 Å². The van der Waals surface area contributed by atoms with E-state index in [1.807, 2.05) is 20.8 Å². The van der Waals surface area contributed by atoms with Gasteiger partial charge in [0.25, 0.3) is 5.91 Å². The third-order valence-electron chi connectivity index (χ3n) is 17.1. The molecule has 5 saturated carbocycles. The van der Waals surface area contributed by atoms with Crippen LogP contribution >= 0.6 is 0 Å². The van der Waals surface area contributed by atoms with E-state index >= 15 is 4.79 Å². The Labute approximate surface area is 376 Å². The highest BCUT2D eigenvalue weighted by Gasteiger charge is 2.85. The maximum atomic E-state index is 15.4. The van der Waals surface area contributed by atoms with Crippen LogP contribution in [0.25, 0.3) is 0 Å². The van der Waals surface area contributed by atoms with E-state index in [1.165, 1.54) is 11.4 Å². The molecule has 2 heterocycles. The lowest BCUT2D eigenvalue weighted by Crippen LogP contribution is -2.63. The monoisotopic (exact) mass is 900 g/mol. The number of piperidine rings is 1. The zero-order valence-electron chi connectivity index (χ0n) is 39.4. The Bertz CT molecular complexity index is 1900. The van der Waals surface area contributed by atoms with Crippen molar-refractivity contribution in [2.75, 3.05) is 33.4 Å². The lowest BCUT2D eigenvalue weighted by Gasteiger charge is -2.40. The van der Waals surface area contributed by atoms with E-state index in [-0.39, 0.29) is 77.6 Å². The van der Waals surface area contributed by atoms with E-state index in [0.29, 0.717) is 25.8 Å². The van der Waals surface area contributed by atoms with Crippen LogP contribution in [0.2, 0.25) is 0 Å². The van der Waals surface area contributed by atoms with Crippen LogP contribution in [0.1, 0.15) is 145 Å². The third kappa shape index (κ3) is 8.61. The molecule has 7 aliphatic rings. The van der Waals surface area contributed by atoms with Gasteiger partial charge in [0.1, 0.15) is 23.7 Å². The molecule has 2 aliphatic heterocycles. The summed E-state index contributed by atoms with van der Waals surface area (Å²) in [5.41, 5.74) is -2.89. The second kappa shape index (κ2) is 17.6. The molecule has 7 fully saturated rings. The van der Waals surface area contributed by atoms with Gasteiger partial charge in [-0.25, -0.2) is 4.72 Å². The first-order chi connectivity index (χ1) is 29.6. The van der Waals surface area contributed by atoms with Crippen LogP contribution in [0.4, 0.5) is 0 Å². The number of methoxy groups -OCH3 is 1. The average Bonchev–Trinajstić information content (AvgIpc) is 4.16. The van der Waals surface area contributed by atoms with Crippen LogP contribution in [0.3, 0.4) is 0 Å². The van der Waals surface area contributed by atoms with Gasteiger partial charge in [-0.15, -0.1) is 6.58 Å². The molecule has 354 valence electrons. The minimum absolute atomic E-state index is 0.0335. The fourth-order valence-electron chi connectivity index (χ4n) is 12.7. The smallest absolute Gasteiger partial charge is 0.304 e. The zero-order valence-corrected chi connectivity index (χ0v) is 40.2. The average molecular weight is 900 g/mol. The highest BCUT2D eigenvalue weighted by molar-refractivity contribution is 7.87. The van der Waals surface area contributed by atoms with Crippen molar-refractivity contribution in [2.45, 2.75) is 187 Å².